The molecule has 110 valence electrons. The van der Waals surface area contributed by atoms with Crippen molar-refractivity contribution in [3.05, 3.63) is 11.6 Å². The molecule has 2 saturated heterocycles. The van der Waals surface area contributed by atoms with Crippen LogP contribution in [0.2, 0.25) is 0 Å². The molecular formula is C16H30N2O. The first kappa shape index (κ1) is 15.0. The molecule has 2 aliphatic rings. The van der Waals surface area contributed by atoms with Gasteiger partial charge in [-0.15, -0.1) is 0 Å². The molecular weight excluding hydrogens is 236 g/mol. The molecule has 0 bridgehead atoms. The number of allylic oxidation sites excluding steroid dienone is 1. The monoisotopic (exact) mass is 266 g/mol. The molecule has 0 saturated carbocycles. The van der Waals surface area contributed by atoms with E-state index in [9.17, 15) is 0 Å². The Hall–Kier alpha value is -0.380. The molecule has 2 fully saturated rings. The second-order valence-electron chi connectivity index (χ2n) is 6.47. The maximum absolute atomic E-state index is 5.22. The van der Waals surface area contributed by atoms with Crippen molar-refractivity contribution >= 4 is 0 Å². The SMILES string of the molecule is CC=C(C)CN1CCC2(CCCN(CCOC)C2)C1. The van der Waals surface area contributed by atoms with Gasteiger partial charge in [0.2, 0.25) is 0 Å². The van der Waals surface area contributed by atoms with E-state index in [0.717, 1.165) is 19.7 Å². The van der Waals surface area contributed by atoms with Crippen LogP contribution in [-0.2, 0) is 4.74 Å². The Balaban J connectivity index is 1.86. The lowest BCUT2D eigenvalue weighted by Gasteiger charge is -2.40. The van der Waals surface area contributed by atoms with Gasteiger partial charge in [-0.05, 0) is 51.6 Å². The minimum Gasteiger partial charge on any atom is -0.383 e. The van der Waals surface area contributed by atoms with Gasteiger partial charge in [0.05, 0.1) is 6.61 Å². The Bertz CT molecular complexity index is 316. The first-order valence-corrected chi connectivity index (χ1v) is 7.73. The topological polar surface area (TPSA) is 15.7 Å². The summed E-state index contributed by atoms with van der Waals surface area (Å²) in [6.07, 6.45) is 6.41. The molecule has 0 amide bonds. The van der Waals surface area contributed by atoms with Gasteiger partial charge in [0.25, 0.3) is 0 Å². The van der Waals surface area contributed by atoms with Crippen molar-refractivity contribution in [3.63, 3.8) is 0 Å². The molecule has 2 rings (SSSR count). The fraction of sp³-hybridized carbons (Fsp3) is 0.875. The summed E-state index contributed by atoms with van der Waals surface area (Å²) in [6.45, 7) is 12.6. The third-order valence-corrected chi connectivity index (χ3v) is 4.84. The highest BCUT2D eigenvalue weighted by Gasteiger charge is 2.40. The highest BCUT2D eigenvalue weighted by Crippen LogP contribution is 2.38. The molecule has 3 heteroatoms. The van der Waals surface area contributed by atoms with Crippen LogP contribution in [0.25, 0.3) is 0 Å². The molecule has 3 nitrogen and oxygen atoms in total. The number of hydrogen-bond donors (Lipinski definition) is 0. The minimum absolute atomic E-state index is 0.569. The molecule has 0 N–H and O–H groups in total. The fourth-order valence-corrected chi connectivity index (χ4v) is 3.66. The highest BCUT2D eigenvalue weighted by molar-refractivity contribution is 5.02. The normalized spacial score (nSPS) is 30.4. The van der Waals surface area contributed by atoms with Crippen LogP contribution in [0.3, 0.4) is 0 Å². The molecule has 0 radical (unpaired) electrons. The van der Waals surface area contributed by atoms with E-state index in [-0.39, 0.29) is 0 Å². The number of hydrogen-bond acceptors (Lipinski definition) is 3. The molecule has 2 heterocycles. The predicted molar refractivity (Wildman–Crippen MR) is 80.5 cm³/mol. The zero-order valence-corrected chi connectivity index (χ0v) is 13.0. The number of methoxy groups -OCH3 is 1. The van der Waals surface area contributed by atoms with Crippen molar-refractivity contribution in [1.82, 2.24) is 9.80 Å². The van der Waals surface area contributed by atoms with E-state index in [1.165, 1.54) is 51.0 Å². The first-order valence-electron chi connectivity index (χ1n) is 7.73. The maximum atomic E-state index is 5.22. The lowest BCUT2D eigenvalue weighted by Crippen LogP contribution is -2.45. The second kappa shape index (κ2) is 6.87. The van der Waals surface area contributed by atoms with Crippen molar-refractivity contribution in [2.75, 3.05) is 53.0 Å². The number of nitrogens with zero attached hydrogens (tertiary/aromatic N) is 2. The van der Waals surface area contributed by atoms with Crippen molar-refractivity contribution in [2.45, 2.75) is 33.1 Å². The molecule has 19 heavy (non-hydrogen) atoms. The third kappa shape index (κ3) is 4.04. The summed E-state index contributed by atoms with van der Waals surface area (Å²) in [6, 6.07) is 0. The number of rotatable bonds is 5. The zero-order chi connectivity index (χ0) is 13.7. The van der Waals surface area contributed by atoms with Gasteiger partial charge >= 0.3 is 0 Å². The summed E-state index contributed by atoms with van der Waals surface area (Å²) in [4.78, 5) is 5.26. The number of likely N-dealkylation sites (tertiary alicyclic amines) is 2. The Morgan fingerprint density at radius 3 is 2.74 bits per heavy atom. The summed E-state index contributed by atoms with van der Waals surface area (Å²) in [5, 5.41) is 0. The van der Waals surface area contributed by atoms with Crippen LogP contribution in [0, 0.1) is 5.41 Å². The van der Waals surface area contributed by atoms with E-state index >= 15 is 0 Å². The van der Waals surface area contributed by atoms with Crippen LogP contribution in [0.15, 0.2) is 11.6 Å². The first-order chi connectivity index (χ1) is 9.17. The Labute approximate surface area is 118 Å². The van der Waals surface area contributed by atoms with Crippen LogP contribution in [-0.4, -0.2) is 62.8 Å². The van der Waals surface area contributed by atoms with Crippen molar-refractivity contribution in [3.8, 4) is 0 Å². The van der Waals surface area contributed by atoms with Gasteiger partial charge in [-0.3, -0.25) is 4.90 Å². The average molecular weight is 266 g/mol. The Kier molecular flexibility index (Phi) is 5.43. The quantitative estimate of drug-likeness (QED) is 0.711. The highest BCUT2D eigenvalue weighted by atomic mass is 16.5. The number of ether oxygens (including phenoxy) is 1. The fourth-order valence-electron chi connectivity index (χ4n) is 3.66. The summed E-state index contributed by atoms with van der Waals surface area (Å²) in [7, 11) is 1.80. The van der Waals surface area contributed by atoms with E-state index in [4.69, 9.17) is 4.74 Å². The summed E-state index contributed by atoms with van der Waals surface area (Å²) in [5.74, 6) is 0. The van der Waals surface area contributed by atoms with Gasteiger partial charge < -0.3 is 9.64 Å². The van der Waals surface area contributed by atoms with E-state index < -0.39 is 0 Å². The van der Waals surface area contributed by atoms with E-state index in [1.807, 2.05) is 0 Å². The Morgan fingerprint density at radius 2 is 2.00 bits per heavy atom. The summed E-state index contributed by atoms with van der Waals surface area (Å²) >= 11 is 0. The third-order valence-electron chi connectivity index (χ3n) is 4.84. The minimum atomic E-state index is 0.569. The van der Waals surface area contributed by atoms with E-state index in [1.54, 1.807) is 7.11 Å². The lowest BCUT2D eigenvalue weighted by atomic mass is 9.79. The van der Waals surface area contributed by atoms with Crippen LogP contribution in [0.4, 0.5) is 0 Å². The number of piperidine rings is 1. The van der Waals surface area contributed by atoms with Gasteiger partial charge in [0.15, 0.2) is 0 Å². The van der Waals surface area contributed by atoms with Gasteiger partial charge in [-0.25, -0.2) is 0 Å². The molecule has 0 aromatic rings. The van der Waals surface area contributed by atoms with Crippen molar-refractivity contribution in [1.29, 1.82) is 0 Å². The Morgan fingerprint density at radius 1 is 1.21 bits per heavy atom. The maximum Gasteiger partial charge on any atom is 0.0589 e. The molecule has 0 aromatic carbocycles. The van der Waals surface area contributed by atoms with Crippen molar-refractivity contribution in [2.24, 2.45) is 5.41 Å². The van der Waals surface area contributed by atoms with Gasteiger partial charge in [0, 0.05) is 33.3 Å². The van der Waals surface area contributed by atoms with Gasteiger partial charge in [0.1, 0.15) is 0 Å². The van der Waals surface area contributed by atoms with Crippen LogP contribution < -0.4 is 0 Å². The largest absolute Gasteiger partial charge is 0.383 e. The van der Waals surface area contributed by atoms with Crippen molar-refractivity contribution < 1.29 is 4.74 Å². The summed E-state index contributed by atoms with van der Waals surface area (Å²) < 4.78 is 5.22. The smallest absolute Gasteiger partial charge is 0.0589 e. The van der Waals surface area contributed by atoms with Crippen LogP contribution in [0.1, 0.15) is 33.1 Å². The van der Waals surface area contributed by atoms with Crippen LogP contribution in [0.5, 0.6) is 0 Å². The molecule has 1 atom stereocenters. The summed E-state index contributed by atoms with van der Waals surface area (Å²) in [5.41, 5.74) is 2.07. The molecule has 1 unspecified atom stereocenters. The zero-order valence-electron chi connectivity index (χ0n) is 13.0. The average Bonchev–Trinajstić information content (AvgIpc) is 2.78. The molecule has 2 aliphatic heterocycles. The van der Waals surface area contributed by atoms with Crippen LogP contribution >= 0.6 is 0 Å². The predicted octanol–water partition coefficient (Wildman–Crippen LogP) is 2.39. The lowest BCUT2D eigenvalue weighted by molar-refractivity contribution is 0.0685. The van der Waals surface area contributed by atoms with E-state index in [0.29, 0.717) is 5.41 Å². The molecule has 1 spiro atoms. The standard InChI is InChI=1S/C16H30N2O/c1-4-15(2)12-18-9-7-16(14-18)6-5-8-17(13-16)10-11-19-3/h4H,5-14H2,1-3H3. The van der Waals surface area contributed by atoms with Gasteiger partial charge in [-0.1, -0.05) is 11.6 Å². The van der Waals surface area contributed by atoms with Gasteiger partial charge in [-0.2, -0.15) is 0 Å². The van der Waals surface area contributed by atoms with E-state index in [2.05, 4.69) is 29.7 Å². The second-order valence-corrected chi connectivity index (χ2v) is 6.47. The molecule has 0 aromatic heterocycles. The molecule has 0 aliphatic carbocycles.